The Morgan fingerprint density at radius 1 is 1.21 bits per heavy atom. The first kappa shape index (κ1) is 12.5. The lowest BCUT2D eigenvalue weighted by atomic mass is 10.1. The third-order valence-corrected chi connectivity index (χ3v) is 3.74. The highest BCUT2D eigenvalue weighted by Gasteiger charge is 2.30. The third-order valence-electron chi connectivity index (χ3n) is 3.74. The fourth-order valence-electron chi connectivity index (χ4n) is 2.45. The van der Waals surface area contributed by atoms with Crippen LogP contribution in [0.2, 0.25) is 0 Å². The molecule has 5 heteroatoms. The van der Waals surface area contributed by atoms with E-state index in [4.69, 9.17) is 0 Å². The molecule has 1 saturated heterocycles. The first-order chi connectivity index (χ1) is 9.04. The van der Waals surface area contributed by atoms with E-state index in [1.165, 1.54) is 12.5 Å². The first-order valence-electron chi connectivity index (χ1n) is 6.43. The van der Waals surface area contributed by atoms with E-state index in [1.807, 2.05) is 6.20 Å². The number of aromatic amines is 1. The average molecular weight is 268 g/mol. The molecule has 0 saturated carbocycles. The van der Waals surface area contributed by atoms with Gasteiger partial charge in [0.05, 0.1) is 5.56 Å². The number of alkyl halides is 3. The summed E-state index contributed by atoms with van der Waals surface area (Å²) < 4.78 is 37.8. The second kappa shape index (κ2) is 4.56. The van der Waals surface area contributed by atoms with Gasteiger partial charge in [0.1, 0.15) is 0 Å². The lowest BCUT2D eigenvalue weighted by molar-refractivity contribution is -0.137. The summed E-state index contributed by atoms with van der Waals surface area (Å²) in [5.74, 6) is 0. The summed E-state index contributed by atoms with van der Waals surface area (Å²) in [5.41, 5.74) is 1.06. The molecule has 1 aromatic carbocycles. The van der Waals surface area contributed by atoms with Crippen molar-refractivity contribution in [2.24, 2.45) is 0 Å². The number of hydrogen-bond acceptors (Lipinski definition) is 1. The Balaban J connectivity index is 1.82. The maximum atomic E-state index is 12.6. The number of likely N-dealkylation sites (tertiary alicyclic amines) is 1. The molecular formula is C14H15F3N2. The molecule has 1 fully saturated rings. The van der Waals surface area contributed by atoms with Crippen molar-refractivity contribution in [3.63, 3.8) is 0 Å². The van der Waals surface area contributed by atoms with Crippen LogP contribution in [0.25, 0.3) is 10.9 Å². The molecule has 0 radical (unpaired) electrons. The number of benzene rings is 1. The Labute approximate surface area is 109 Å². The van der Waals surface area contributed by atoms with Gasteiger partial charge < -0.3 is 9.88 Å². The molecule has 0 spiro atoms. The minimum atomic E-state index is -4.28. The maximum absolute atomic E-state index is 12.6. The van der Waals surface area contributed by atoms with E-state index in [1.54, 1.807) is 6.07 Å². The van der Waals surface area contributed by atoms with Crippen molar-refractivity contribution < 1.29 is 13.2 Å². The van der Waals surface area contributed by atoms with Crippen molar-refractivity contribution in [1.29, 1.82) is 0 Å². The molecule has 2 aromatic rings. The lowest BCUT2D eigenvalue weighted by Gasteiger charge is -2.30. The van der Waals surface area contributed by atoms with Crippen LogP contribution >= 0.6 is 0 Å². The molecule has 19 heavy (non-hydrogen) atoms. The van der Waals surface area contributed by atoms with Crippen molar-refractivity contribution in [2.45, 2.75) is 19.0 Å². The van der Waals surface area contributed by atoms with Crippen LogP contribution in [0.1, 0.15) is 17.5 Å². The molecule has 1 aliphatic heterocycles. The van der Waals surface area contributed by atoms with E-state index in [-0.39, 0.29) is 0 Å². The average Bonchev–Trinajstić information content (AvgIpc) is 2.68. The van der Waals surface area contributed by atoms with Gasteiger partial charge in [-0.1, -0.05) is 6.07 Å². The van der Waals surface area contributed by atoms with Gasteiger partial charge in [-0.15, -0.1) is 0 Å². The molecule has 0 amide bonds. The van der Waals surface area contributed by atoms with Gasteiger partial charge in [0.2, 0.25) is 0 Å². The minimum absolute atomic E-state index is 0.563. The van der Waals surface area contributed by atoms with Crippen molar-refractivity contribution in [3.05, 3.63) is 35.5 Å². The number of H-pyrrole nitrogens is 1. The molecule has 2 nitrogen and oxygen atoms in total. The van der Waals surface area contributed by atoms with Crippen molar-refractivity contribution in [2.75, 3.05) is 19.6 Å². The van der Waals surface area contributed by atoms with E-state index < -0.39 is 11.7 Å². The molecule has 0 atom stereocenters. The van der Waals surface area contributed by atoms with E-state index >= 15 is 0 Å². The highest BCUT2D eigenvalue weighted by Crippen LogP contribution is 2.32. The van der Waals surface area contributed by atoms with E-state index in [9.17, 15) is 13.2 Å². The Morgan fingerprint density at radius 2 is 2.00 bits per heavy atom. The quantitative estimate of drug-likeness (QED) is 0.903. The van der Waals surface area contributed by atoms with Gasteiger partial charge in [-0.25, -0.2) is 0 Å². The summed E-state index contributed by atoms with van der Waals surface area (Å²) in [5, 5.41) is 0.897. The summed E-state index contributed by atoms with van der Waals surface area (Å²) in [6.45, 7) is 3.26. The molecule has 1 N–H and O–H groups in total. The molecule has 1 aromatic heterocycles. The Bertz CT molecular complexity index is 582. The minimum Gasteiger partial charge on any atom is -0.361 e. The fraction of sp³-hybridized carbons (Fsp3) is 0.429. The smallest absolute Gasteiger partial charge is 0.361 e. The monoisotopic (exact) mass is 268 g/mol. The molecule has 102 valence electrons. The van der Waals surface area contributed by atoms with Gasteiger partial charge in [0, 0.05) is 23.6 Å². The highest BCUT2D eigenvalue weighted by molar-refractivity contribution is 5.84. The second-order valence-corrected chi connectivity index (χ2v) is 5.02. The normalized spacial score (nSPS) is 16.8. The van der Waals surface area contributed by atoms with Gasteiger partial charge in [0.15, 0.2) is 0 Å². The topological polar surface area (TPSA) is 19.0 Å². The van der Waals surface area contributed by atoms with Crippen LogP contribution < -0.4 is 0 Å². The summed E-state index contributed by atoms with van der Waals surface area (Å²) >= 11 is 0. The molecule has 1 aliphatic rings. The summed E-state index contributed by atoms with van der Waals surface area (Å²) in [7, 11) is 0. The third kappa shape index (κ3) is 2.47. The first-order valence-corrected chi connectivity index (χ1v) is 6.43. The van der Waals surface area contributed by atoms with Crippen LogP contribution in [0.3, 0.4) is 0 Å². The van der Waals surface area contributed by atoms with Gasteiger partial charge in [0.25, 0.3) is 0 Å². The largest absolute Gasteiger partial charge is 0.416 e. The maximum Gasteiger partial charge on any atom is 0.416 e. The number of rotatable bonds is 3. The van der Waals surface area contributed by atoms with Crippen LogP contribution in [-0.2, 0) is 12.6 Å². The van der Waals surface area contributed by atoms with Crippen molar-refractivity contribution in [3.8, 4) is 0 Å². The van der Waals surface area contributed by atoms with Crippen LogP contribution in [0, 0.1) is 0 Å². The van der Waals surface area contributed by atoms with Gasteiger partial charge >= 0.3 is 6.18 Å². The number of hydrogen-bond donors (Lipinski definition) is 1. The zero-order valence-corrected chi connectivity index (χ0v) is 10.4. The van der Waals surface area contributed by atoms with Crippen molar-refractivity contribution in [1.82, 2.24) is 9.88 Å². The van der Waals surface area contributed by atoms with Crippen molar-refractivity contribution >= 4 is 10.9 Å². The molecule has 0 unspecified atom stereocenters. The number of halogens is 3. The fourth-order valence-corrected chi connectivity index (χ4v) is 2.45. The lowest BCUT2D eigenvalue weighted by Crippen LogP contribution is -2.38. The zero-order chi connectivity index (χ0) is 13.5. The molecule has 0 bridgehead atoms. The van der Waals surface area contributed by atoms with E-state index in [0.717, 1.165) is 43.1 Å². The van der Waals surface area contributed by atoms with Crippen LogP contribution in [-0.4, -0.2) is 29.5 Å². The van der Waals surface area contributed by atoms with E-state index in [0.29, 0.717) is 5.52 Å². The van der Waals surface area contributed by atoms with Gasteiger partial charge in [-0.2, -0.15) is 13.2 Å². The van der Waals surface area contributed by atoms with Gasteiger partial charge in [-0.3, -0.25) is 0 Å². The predicted molar refractivity (Wildman–Crippen MR) is 68.1 cm³/mol. The van der Waals surface area contributed by atoms with Crippen LogP contribution in [0.4, 0.5) is 13.2 Å². The Morgan fingerprint density at radius 3 is 2.63 bits per heavy atom. The number of nitrogens with zero attached hydrogens (tertiary/aromatic N) is 1. The zero-order valence-electron chi connectivity index (χ0n) is 10.4. The molecule has 3 rings (SSSR count). The summed E-state index contributed by atoms with van der Waals surface area (Å²) in [6.07, 6.45) is -0.324. The number of fused-ring (bicyclic) bond motifs is 1. The predicted octanol–water partition coefficient (Wildman–Crippen LogP) is 3.43. The highest BCUT2D eigenvalue weighted by atomic mass is 19.4. The second-order valence-electron chi connectivity index (χ2n) is 5.02. The molecule has 2 heterocycles. The SMILES string of the molecule is FC(F)(F)c1ccc2c(CCN3CCC3)c[nH]c2c1. The van der Waals surface area contributed by atoms with Gasteiger partial charge in [-0.05, 0) is 43.6 Å². The van der Waals surface area contributed by atoms with E-state index in [2.05, 4.69) is 9.88 Å². The summed E-state index contributed by atoms with van der Waals surface area (Å²) in [4.78, 5) is 5.29. The Hall–Kier alpha value is -1.49. The number of aromatic nitrogens is 1. The number of nitrogens with one attached hydrogen (secondary N) is 1. The Kier molecular flexibility index (Phi) is 3.01. The van der Waals surface area contributed by atoms with Crippen LogP contribution in [0.5, 0.6) is 0 Å². The summed E-state index contributed by atoms with van der Waals surface area (Å²) in [6, 6.07) is 3.91. The molecular weight excluding hydrogens is 253 g/mol. The standard InChI is InChI=1S/C14H15F3N2/c15-14(16,17)11-2-3-12-10(9-18-13(12)8-11)4-7-19-5-1-6-19/h2-3,8-9,18H,1,4-7H2. The molecule has 0 aliphatic carbocycles. The van der Waals surface area contributed by atoms with Crippen LogP contribution in [0.15, 0.2) is 24.4 Å².